The van der Waals surface area contributed by atoms with E-state index in [1.54, 1.807) is 9.80 Å². The largest absolute Gasteiger partial charge is 0.507 e. The second kappa shape index (κ2) is 9.78. The summed E-state index contributed by atoms with van der Waals surface area (Å²) in [5.74, 6) is -3.24. The topological polar surface area (TPSA) is 89.5 Å². The van der Waals surface area contributed by atoms with Crippen LogP contribution in [0.1, 0.15) is 30.6 Å². The Bertz CT molecular complexity index is 1330. The molecule has 0 bridgehead atoms. The summed E-state index contributed by atoms with van der Waals surface area (Å²) >= 11 is 0. The summed E-state index contributed by atoms with van der Waals surface area (Å²) in [5.41, 5.74) is -1.40. The number of fused-ring (bicyclic) bond motifs is 2. The molecular weight excluding hydrogens is 508 g/mol. The van der Waals surface area contributed by atoms with E-state index in [4.69, 9.17) is 4.74 Å². The fourth-order valence-corrected chi connectivity index (χ4v) is 6.23. The van der Waals surface area contributed by atoms with Crippen molar-refractivity contribution in [2.75, 3.05) is 51.8 Å². The molecule has 2 unspecified atom stereocenters. The van der Waals surface area contributed by atoms with Crippen LogP contribution < -0.4 is 9.64 Å². The van der Waals surface area contributed by atoms with Gasteiger partial charge in [0.25, 0.3) is 5.91 Å². The third kappa shape index (κ3) is 4.28. The quantitative estimate of drug-likeness (QED) is 0.596. The highest BCUT2D eigenvalue weighted by atomic mass is 19.1. The number of phenols is 1. The summed E-state index contributed by atoms with van der Waals surface area (Å²) in [4.78, 5) is 38.1. The number of hydrogen-bond acceptors (Lipinski definition) is 7. The van der Waals surface area contributed by atoms with Gasteiger partial charge in [0.1, 0.15) is 35.2 Å². The number of phenolic OH excluding ortho intramolecular Hbond substituents is 1. The molecule has 1 aromatic carbocycles. The zero-order valence-electron chi connectivity index (χ0n) is 22.6. The van der Waals surface area contributed by atoms with E-state index in [0.717, 1.165) is 12.5 Å². The van der Waals surface area contributed by atoms with Crippen molar-refractivity contribution in [3.05, 3.63) is 48.1 Å². The van der Waals surface area contributed by atoms with Crippen LogP contribution in [0.3, 0.4) is 0 Å². The Morgan fingerprint density at radius 2 is 1.97 bits per heavy atom. The summed E-state index contributed by atoms with van der Waals surface area (Å²) in [6.07, 6.45) is 1.98. The van der Waals surface area contributed by atoms with Crippen molar-refractivity contribution in [3.63, 3.8) is 0 Å². The molecule has 1 aromatic heterocycles. The molecule has 2 saturated heterocycles. The maximum atomic E-state index is 16.2. The van der Waals surface area contributed by atoms with Gasteiger partial charge in [0.2, 0.25) is 5.91 Å². The van der Waals surface area contributed by atoms with Crippen LogP contribution in [0.4, 0.5) is 14.6 Å². The minimum Gasteiger partial charge on any atom is -0.507 e. The Labute approximate surface area is 226 Å². The maximum absolute atomic E-state index is 16.2. The highest BCUT2D eigenvalue weighted by Gasteiger charge is 2.47. The number of anilines is 1. The number of halogens is 2. The van der Waals surface area contributed by atoms with Crippen LogP contribution in [0, 0.1) is 11.6 Å². The molecule has 3 aliphatic rings. The molecule has 3 aliphatic heterocycles. The van der Waals surface area contributed by atoms with Crippen LogP contribution in [0.25, 0.3) is 11.3 Å². The summed E-state index contributed by atoms with van der Waals surface area (Å²) in [6.45, 7) is 8.75. The molecule has 2 amide bonds. The number of pyridine rings is 1. The van der Waals surface area contributed by atoms with Gasteiger partial charge < -0.3 is 29.4 Å². The molecule has 2 fully saturated rings. The van der Waals surface area contributed by atoms with Crippen molar-refractivity contribution >= 4 is 17.6 Å². The lowest BCUT2D eigenvalue weighted by Crippen LogP contribution is -2.57. The highest BCUT2D eigenvalue weighted by Crippen LogP contribution is 2.45. The van der Waals surface area contributed by atoms with E-state index < -0.39 is 46.1 Å². The normalized spacial score (nSPS) is 22.3. The van der Waals surface area contributed by atoms with Gasteiger partial charge in [0, 0.05) is 32.2 Å². The summed E-state index contributed by atoms with van der Waals surface area (Å²) < 4.78 is 37.2. The van der Waals surface area contributed by atoms with Crippen LogP contribution >= 0.6 is 0 Å². The number of benzene rings is 1. The number of amides is 2. The van der Waals surface area contributed by atoms with E-state index in [1.807, 2.05) is 32.8 Å². The fourth-order valence-electron chi connectivity index (χ4n) is 6.23. The molecule has 4 heterocycles. The monoisotopic (exact) mass is 541 g/mol. The number of likely N-dealkylation sites (N-methyl/N-ethyl adjacent to an activating group) is 1. The molecule has 2 aromatic rings. The molecule has 0 spiro atoms. The van der Waals surface area contributed by atoms with Crippen molar-refractivity contribution in [2.45, 2.75) is 37.9 Å². The molecule has 1 N–H and O–H groups in total. The number of ether oxygens (including phenoxy) is 1. The van der Waals surface area contributed by atoms with Gasteiger partial charge in [0.15, 0.2) is 11.6 Å². The number of aromatic hydroxyl groups is 1. The lowest BCUT2D eigenvalue weighted by molar-refractivity contribution is -0.128. The Morgan fingerprint density at radius 3 is 2.62 bits per heavy atom. The van der Waals surface area contributed by atoms with Gasteiger partial charge in [-0.05, 0) is 52.6 Å². The molecule has 2 atom stereocenters. The molecule has 11 heteroatoms. The van der Waals surface area contributed by atoms with Crippen molar-refractivity contribution in [3.8, 4) is 22.8 Å². The predicted molar refractivity (Wildman–Crippen MR) is 142 cm³/mol. The Balaban J connectivity index is 1.70. The van der Waals surface area contributed by atoms with Crippen molar-refractivity contribution in [1.29, 1.82) is 0 Å². The first-order valence-corrected chi connectivity index (χ1v) is 13.0. The van der Waals surface area contributed by atoms with Gasteiger partial charge >= 0.3 is 0 Å². The van der Waals surface area contributed by atoms with E-state index in [9.17, 15) is 19.1 Å². The lowest BCUT2D eigenvalue weighted by atomic mass is 9.94. The average molecular weight is 542 g/mol. The molecular formula is C28H33F2N5O4. The van der Waals surface area contributed by atoms with Crippen LogP contribution in [-0.4, -0.2) is 101 Å². The molecule has 5 rings (SSSR count). The standard InChI is InChI=1S/C28H33F2N5O4/c1-6-20(37)33-12-13-34-16(14-33)15-39-25-22(27(34)38)26(35-11-10-19(32(4)5)28(35,2)3)31-24(23(25)30)21-17(29)8-7-9-18(21)36/h6-9,16,19,36H,1,10-15H2,2-5H3. The number of carbonyl (C=O) groups is 2. The van der Waals surface area contributed by atoms with Gasteiger partial charge in [-0.15, -0.1) is 0 Å². The Kier molecular flexibility index (Phi) is 6.74. The molecule has 0 saturated carbocycles. The molecule has 9 nitrogen and oxygen atoms in total. The van der Waals surface area contributed by atoms with Gasteiger partial charge in [0.05, 0.1) is 17.1 Å². The number of nitrogens with zero attached hydrogens (tertiary/aromatic N) is 5. The second-order valence-electron chi connectivity index (χ2n) is 11.0. The van der Waals surface area contributed by atoms with E-state index in [1.165, 1.54) is 18.2 Å². The third-order valence-corrected chi connectivity index (χ3v) is 8.18. The average Bonchev–Trinajstić information content (AvgIpc) is 3.13. The summed E-state index contributed by atoms with van der Waals surface area (Å²) in [7, 11) is 3.94. The van der Waals surface area contributed by atoms with E-state index in [-0.39, 0.29) is 48.8 Å². The smallest absolute Gasteiger partial charge is 0.262 e. The number of rotatable bonds is 4. The van der Waals surface area contributed by atoms with E-state index in [0.29, 0.717) is 13.1 Å². The fraction of sp³-hybridized carbons (Fsp3) is 0.464. The zero-order valence-corrected chi connectivity index (χ0v) is 22.6. The highest BCUT2D eigenvalue weighted by molar-refractivity contribution is 6.03. The first kappa shape index (κ1) is 26.9. The van der Waals surface area contributed by atoms with Crippen LogP contribution in [0.15, 0.2) is 30.9 Å². The van der Waals surface area contributed by atoms with Gasteiger partial charge in [-0.25, -0.2) is 13.8 Å². The van der Waals surface area contributed by atoms with Crippen molar-refractivity contribution in [1.82, 2.24) is 19.7 Å². The van der Waals surface area contributed by atoms with Crippen LogP contribution in [0.2, 0.25) is 0 Å². The van der Waals surface area contributed by atoms with E-state index in [2.05, 4.69) is 16.5 Å². The molecule has 0 radical (unpaired) electrons. The van der Waals surface area contributed by atoms with Crippen LogP contribution in [-0.2, 0) is 4.79 Å². The summed E-state index contributed by atoms with van der Waals surface area (Å²) in [5, 5.41) is 10.5. The van der Waals surface area contributed by atoms with Gasteiger partial charge in [-0.3, -0.25) is 9.59 Å². The number of aromatic nitrogens is 1. The van der Waals surface area contributed by atoms with Crippen LogP contribution in [0.5, 0.6) is 11.5 Å². The number of carbonyl (C=O) groups excluding carboxylic acids is 2. The predicted octanol–water partition coefficient (Wildman–Crippen LogP) is 2.88. The molecule has 208 valence electrons. The second-order valence-corrected chi connectivity index (χ2v) is 11.0. The third-order valence-electron chi connectivity index (χ3n) is 8.18. The SMILES string of the molecule is C=CC(=O)N1CCN2C(=O)c3c(N4CCC(N(C)C)C4(C)C)nc(-c4c(O)cccc4F)c(F)c3OCC2C1. The molecule has 0 aliphatic carbocycles. The first-order chi connectivity index (χ1) is 18.5. The maximum Gasteiger partial charge on any atom is 0.262 e. The van der Waals surface area contributed by atoms with Gasteiger partial charge in [-0.1, -0.05) is 12.6 Å². The van der Waals surface area contributed by atoms with Crippen molar-refractivity contribution < 1.29 is 28.2 Å². The van der Waals surface area contributed by atoms with E-state index >= 15 is 4.39 Å². The van der Waals surface area contributed by atoms with Crippen molar-refractivity contribution in [2.24, 2.45) is 0 Å². The number of hydrogen-bond donors (Lipinski definition) is 1. The first-order valence-electron chi connectivity index (χ1n) is 13.0. The summed E-state index contributed by atoms with van der Waals surface area (Å²) in [6, 6.07) is 3.25. The minimum atomic E-state index is -1.03. The Morgan fingerprint density at radius 1 is 1.23 bits per heavy atom. The lowest BCUT2D eigenvalue weighted by Gasteiger charge is -2.41. The van der Waals surface area contributed by atoms with Gasteiger partial charge in [-0.2, -0.15) is 0 Å². The number of piperazine rings is 1. The molecule has 39 heavy (non-hydrogen) atoms. The minimum absolute atomic E-state index is 0.0365. The Hall–Kier alpha value is -3.73. The zero-order chi connectivity index (χ0) is 28.2.